The fraction of sp³-hybridized carbons (Fsp3) is 0.833. The Bertz CT molecular complexity index is 262. The molecule has 5 nitrogen and oxygen atoms in total. The number of carbonyl (C=O) groups is 1. The SMILES string of the molecule is CCN(CC(=O)NCCCOC)CC(C)C(N)=S. The molecule has 0 fully saturated rings. The summed E-state index contributed by atoms with van der Waals surface area (Å²) in [4.78, 5) is 14.2. The van der Waals surface area contributed by atoms with Crippen LogP contribution < -0.4 is 11.1 Å². The molecule has 0 aromatic carbocycles. The van der Waals surface area contributed by atoms with E-state index in [-0.39, 0.29) is 11.8 Å². The van der Waals surface area contributed by atoms with Crippen LogP contribution >= 0.6 is 12.2 Å². The first kappa shape index (κ1) is 17.3. The summed E-state index contributed by atoms with van der Waals surface area (Å²) in [6, 6.07) is 0. The summed E-state index contributed by atoms with van der Waals surface area (Å²) in [6.45, 7) is 7.21. The van der Waals surface area contributed by atoms with Crippen LogP contribution in [0.25, 0.3) is 0 Å². The van der Waals surface area contributed by atoms with Crippen LogP contribution in [0.5, 0.6) is 0 Å². The minimum absolute atomic E-state index is 0.0306. The van der Waals surface area contributed by atoms with Gasteiger partial charge in [0.05, 0.1) is 11.5 Å². The third-order valence-electron chi connectivity index (χ3n) is 2.68. The lowest BCUT2D eigenvalue weighted by molar-refractivity contribution is -0.122. The highest BCUT2D eigenvalue weighted by Crippen LogP contribution is 2.00. The number of carbonyl (C=O) groups excluding carboxylic acids is 1. The summed E-state index contributed by atoms with van der Waals surface area (Å²) >= 11 is 4.93. The van der Waals surface area contributed by atoms with E-state index in [1.807, 2.05) is 18.7 Å². The zero-order chi connectivity index (χ0) is 14.0. The van der Waals surface area contributed by atoms with E-state index in [9.17, 15) is 4.79 Å². The van der Waals surface area contributed by atoms with Crippen LogP contribution in [0.3, 0.4) is 0 Å². The molecule has 3 N–H and O–H groups in total. The average molecular weight is 275 g/mol. The second-order valence-electron chi connectivity index (χ2n) is 4.33. The third kappa shape index (κ3) is 8.38. The summed E-state index contributed by atoms with van der Waals surface area (Å²) < 4.78 is 4.91. The molecule has 18 heavy (non-hydrogen) atoms. The number of methoxy groups -OCH3 is 1. The number of hydrogen-bond donors (Lipinski definition) is 2. The molecular weight excluding hydrogens is 250 g/mol. The lowest BCUT2D eigenvalue weighted by Crippen LogP contribution is -2.41. The fourth-order valence-corrected chi connectivity index (χ4v) is 1.56. The second kappa shape index (κ2) is 10.2. The van der Waals surface area contributed by atoms with Gasteiger partial charge >= 0.3 is 0 Å². The zero-order valence-electron chi connectivity index (χ0n) is 11.6. The molecule has 0 aromatic heterocycles. The van der Waals surface area contributed by atoms with E-state index in [2.05, 4.69) is 5.32 Å². The number of thiocarbonyl (C=S) groups is 1. The van der Waals surface area contributed by atoms with Crippen LogP contribution in [-0.4, -0.2) is 55.7 Å². The van der Waals surface area contributed by atoms with Crippen molar-refractivity contribution in [1.29, 1.82) is 0 Å². The maximum Gasteiger partial charge on any atom is 0.234 e. The van der Waals surface area contributed by atoms with Crippen LogP contribution in [0.2, 0.25) is 0 Å². The number of rotatable bonds is 10. The maximum atomic E-state index is 11.7. The van der Waals surface area contributed by atoms with Crippen molar-refractivity contribution in [2.24, 2.45) is 11.7 Å². The summed E-state index contributed by atoms with van der Waals surface area (Å²) in [7, 11) is 1.65. The largest absolute Gasteiger partial charge is 0.393 e. The Morgan fingerprint density at radius 3 is 2.72 bits per heavy atom. The normalized spacial score (nSPS) is 12.4. The molecular formula is C12H25N3O2S. The summed E-state index contributed by atoms with van der Waals surface area (Å²) in [5.41, 5.74) is 5.57. The molecule has 1 amide bonds. The molecule has 0 bridgehead atoms. The molecule has 1 unspecified atom stereocenters. The summed E-state index contributed by atoms with van der Waals surface area (Å²) in [5.74, 6) is 0.157. The number of amides is 1. The molecule has 0 spiro atoms. The minimum Gasteiger partial charge on any atom is -0.393 e. The molecule has 0 aromatic rings. The smallest absolute Gasteiger partial charge is 0.234 e. The van der Waals surface area contributed by atoms with E-state index in [1.165, 1.54) is 0 Å². The first-order valence-electron chi connectivity index (χ1n) is 6.28. The number of likely N-dealkylation sites (N-methyl/N-ethyl adjacent to an activating group) is 1. The van der Waals surface area contributed by atoms with Gasteiger partial charge in [-0.15, -0.1) is 0 Å². The maximum absolute atomic E-state index is 11.7. The van der Waals surface area contributed by atoms with E-state index < -0.39 is 0 Å². The van der Waals surface area contributed by atoms with E-state index in [1.54, 1.807) is 7.11 Å². The number of ether oxygens (including phenoxy) is 1. The van der Waals surface area contributed by atoms with Crippen LogP contribution in [0, 0.1) is 5.92 Å². The van der Waals surface area contributed by atoms with Crippen molar-refractivity contribution in [1.82, 2.24) is 10.2 Å². The number of nitrogens with zero attached hydrogens (tertiary/aromatic N) is 1. The highest BCUT2D eigenvalue weighted by atomic mass is 32.1. The third-order valence-corrected chi connectivity index (χ3v) is 3.08. The first-order valence-corrected chi connectivity index (χ1v) is 6.69. The van der Waals surface area contributed by atoms with Crippen molar-refractivity contribution in [2.75, 3.05) is 39.9 Å². The second-order valence-corrected chi connectivity index (χ2v) is 4.80. The molecule has 0 saturated carbocycles. The van der Waals surface area contributed by atoms with Gasteiger partial charge in [0.2, 0.25) is 5.91 Å². The van der Waals surface area contributed by atoms with Crippen LogP contribution in [0.4, 0.5) is 0 Å². The van der Waals surface area contributed by atoms with Gasteiger partial charge in [-0.25, -0.2) is 0 Å². The van der Waals surface area contributed by atoms with Crippen molar-refractivity contribution in [2.45, 2.75) is 20.3 Å². The van der Waals surface area contributed by atoms with Crippen LogP contribution in [0.15, 0.2) is 0 Å². The number of nitrogens with one attached hydrogen (secondary N) is 1. The molecule has 0 aliphatic carbocycles. The monoisotopic (exact) mass is 275 g/mol. The molecule has 106 valence electrons. The molecule has 0 saturated heterocycles. The Kier molecular flexibility index (Phi) is 9.82. The van der Waals surface area contributed by atoms with Gasteiger partial charge in [0.15, 0.2) is 0 Å². The van der Waals surface area contributed by atoms with Crippen molar-refractivity contribution < 1.29 is 9.53 Å². The van der Waals surface area contributed by atoms with Crippen LogP contribution in [-0.2, 0) is 9.53 Å². The fourth-order valence-electron chi connectivity index (χ4n) is 1.49. The van der Waals surface area contributed by atoms with E-state index in [0.717, 1.165) is 19.5 Å². The molecule has 0 heterocycles. The summed E-state index contributed by atoms with van der Waals surface area (Å²) in [5, 5.41) is 2.86. The van der Waals surface area contributed by atoms with Gasteiger partial charge < -0.3 is 15.8 Å². The van der Waals surface area contributed by atoms with Gasteiger partial charge in [0.25, 0.3) is 0 Å². The Labute approximate surface area is 115 Å². The van der Waals surface area contributed by atoms with Crippen molar-refractivity contribution in [3.8, 4) is 0 Å². The molecule has 0 radical (unpaired) electrons. The number of nitrogens with two attached hydrogens (primary N) is 1. The summed E-state index contributed by atoms with van der Waals surface area (Å²) in [6.07, 6.45) is 0.831. The van der Waals surface area contributed by atoms with Gasteiger partial charge in [-0.05, 0) is 13.0 Å². The van der Waals surface area contributed by atoms with Crippen LogP contribution in [0.1, 0.15) is 20.3 Å². The minimum atomic E-state index is 0.0306. The first-order chi connectivity index (χ1) is 8.51. The lowest BCUT2D eigenvalue weighted by Gasteiger charge is -2.23. The Balaban J connectivity index is 3.89. The Hall–Kier alpha value is -0.720. The number of hydrogen-bond acceptors (Lipinski definition) is 4. The topological polar surface area (TPSA) is 67.6 Å². The van der Waals surface area contributed by atoms with Gasteiger partial charge in [-0.2, -0.15) is 0 Å². The molecule has 0 aliphatic rings. The van der Waals surface area contributed by atoms with Crippen molar-refractivity contribution >= 4 is 23.1 Å². The van der Waals surface area contributed by atoms with Gasteiger partial charge in [-0.3, -0.25) is 9.69 Å². The van der Waals surface area contributed by atoms with Crippen molar-refractivity contribution in [3.05, 3.63) is 0 Å². The highest BCUT2D eigenvalue weighted by molar-refractivity contribution is 7.80. The zero-order valence-corrected chi connectivity index (χ0v) is 12.4. The molecule has 0 rings (SSSR count). The Morgan fingerprint density at radius 2 is 2.22 bits per heavy atom. The predicted molar refractivity (Wildman–Crippen MR) is 77.6 cm³/mol. The van der Waals surface area contributed by atoms with Gasteiger partial charge in [0.1, 0.15) is 0 Å². The molecule has 1 atom stereocenters. The van der Waals surface area contributed by atoms with Gasteiger partial charge in [-0.1, -0.05) is 26.1 Å². The molecule has 0 aliphatic heterocycles. The van der Waals surface area contributed by atoms with Crippen molar-refractivity contribution in [3.63, 3.8) is 0 Å². The quantitative estimate of drug-likeness (QED) is 0.446. The van der Waals surface area contributed by atoms with Gasteiger partial charge in [0, 0.05) is 32.7 Å². The Morgan fingerprint density at radius 1 is 1.56 bits per heavy atom. The lowest BCUT2D eigenvalue weighted by atomic mass is 10.1. The average Bonchev–Trinajstić information content (AvgIpc) is 2.33. The highest BCUT2D eigenvalue weighted by Gasteiger charge is 2.13. The van der Waals surface area contributed by atoms with E-state index >= 15 is 0 Å². The molecule has 6 heteroatoms. The standard InChI is InChI=1S/C12H25N3O2S/c1-4-15(8-10(2)12(13)18)9-11(16)14-6-5-7-17-3/h10H,4-9H2,1-3H3,(H2,13,18)(H,14,16). The predicted octanol–water partition coefficient (Wildman–Crippen LogP) is 0.383. The van der Waals surface area contributed by atoms with E-state index in [4.69, 9.17) is 22.7 Å². The van der Waals surface area contributed by atoms with E-state index in [0.29, 0.717) is 24.7 Å².